The second-order valence-corrected chi connectivity index (χ2v) is 6.71. The average molecular weight is 547 g/mol. The molecule has 0 spiro atoms. The summed E-state index contributed by atoms with van der Waals surface area (Å²) in [5.41, 5.74) is 0. The highest BCUT2D eigenvalue weighted by Crippen LogP contribution is 2.15. The van der Waals surface area contributed by atoms with Gasteiger partial charge in [-0.2, -0.15) is 0 Å². The first-order valence-corrected chi connectivity index (χ1v) is 9.41. The largest absolute Gasteiger partial charge is 0.492 e. The van der Waals surface area contributed by atoms with Crippen LogP contribution < -0.4 is 15.0 Å². The molecule has 1 aliphatic rings. The minimum absolute atomic E-state index is 0. The normalized spacial score (nSPS) is 14.5. The zero-order valence-corrected chi connectivity index (χ0v) is 19.1. The third-order valence-corrected chi connectivity index (χ3v) is 4.62. The van der Waals surface area contributed by atoms with Gasteiger partial charge in [0.2, 0.25) is 5.95 Å². The maximum atomic E-state index is 5.74. The molecular formula is C18H24BrIN6O. The number of nitrogens with one attached hydrogen (secondary N) is 1. The molecule has 9 heteroatoms. The summed E-state index contributed by atoms with van der Waals surface area (Å²) in [6, 6.07) is 9.67. The number of nitrogens with zero attached hydrogens (tertiary/aromatic N) is 5. The van der Waals surface area contributed by atoms with Crippen LogP contribution in [0.15, 0.2) is 52.2 Å². The average Bonchev–Trinajstić information content (AvgIpc) is 2.70. The smallest absolute Gasteiger partial charge is 0.225 e. The number of guanidine groups is 1. The Bertz CT molecular complexity index is 708. The van der Waals surface area contributed by atoms with E-state index >= 15 is 0 Å². The van der Waals surface area contributed by atoms with Gasteiger partial charge in [-0.25, -0.2) is 9.97 Å². The number of rotatable bonds is 5. The van der Waals surface area contributed by atoms with Crippen LogP contribution in [0, 0.1) is 0 Å². The summed E-state index contributed by atoms with van der Waals surface area (Å²) in [4.78, 5) is 17.5. The highest BCUT2D eigenvalue weighted by atomic mass is 127. The molecule has 1 fully saturated rings. The number of benzene rings is 1. The van der Waals surface area contributed by atoms with Gasteiger partial charge < -0.3 is 19.9 Å². The summed E-state index contributed by atoms with van der Waals surface area (Å²) in [7, 11) is 1.81. The van der Waals surface area contributed by atoms with E-state index in [1.54, 1.807) is 12.4 Å². The third kappa shape index (κ3) is 6.49. The van der Waals surface area contributed by atoms with E-state index < -0.39 is 0 Å². The van der Waals surface area contributed by atoms with Crippen LogP contribution in [0.25, 0.3) is 0 Å². The van der Waals surface area contributed by atoms with Gasteiger partial charge >= 0.3 is 0 Å². The van der Waals surface area contributed by atoms with Crippen molar-refractivity contribution in [2.45, 2.75) is 0 Å². The van der Waals surface area contributed by atoms with E-state index in [0.29, 0.717) is 13.2 Å². The lowest BCUT2D eigenvalue weighted by Crippen LogP contribution is -2.53. The van der Waals surface area contributed by atoms with Gasteiger partial charge in [0.15, 0.2) is 5.96 Å². The van der Waals surface area contributed by atoms with Crippen molar-refractivity contribution in [3.05, 3.63) is 47.2 Å². The Morgan fingerprint density at radius 3 is 2.44 bits per heavy atom. The zero-order valence-electron chi connectivity index (χ0n) is 15.2. The number of anilines is 1. The molecule has 146 valence electrons. The summed E-state index contributed by atoms with van der Waals surface area (Å²) in [5, 5.41) is 3.37. The molecule has 0 amide bonds. The molecule has 7 nitrogen and oxygen atoms in total. The molecular weight excluding hydrogens is 523 g/mol. The molecule has 2 heterocycles. The van der Waals surface area contributed by atoms with E-state index in [-0.39, 0.29) is 24.0 Å². The fourth-order valence-electron chi connectivity index (χ4n) is 2.77. The van der Waals surface area contributed by atoms with Crippen molar-refractivity contribution >= 4 is 51.8 Å². The Balaban J connectivity index is 0.00000261. The molecule has 2 aromatic rings. The van der Waals surface area contributed by atoms with Crippen LogP contribution in [0.2, 0.25) is 0 Å². The molecule has 0 unspecified atom stereocenters. The van der Waals surface area contributed by atoms with E-state index in [4.69, 9.17) is 4.74 Å². The van der Waals surface area contributed by atoms with E-state index in [1.165, 1.54) is 0 Å². The number of aliphatic imine (C=N–C) groups is 1. The van der Waals surface area contributed by atoms with Gasteiger partial charge in [-0.1, -0.05) is 15.9 Å². The molecule has 0 saturated carbocycles. The van der Waals surface area contributed by atoms with Crippen LogP contribution in [0.3, 0.4) is 0 Å². The molecule has 0 radical (unpaired) electrons. The van der Waals surface area contributed by atoms with Crippen molar-refractivity contribution in [2.75, 3.05) is 51.3 Å². The maximum Gasteiger partial charge on any atom is 0.225 e. The summed E-state index contributed by atoms with van der Waals surface area (Å²) >= 11 is 3.42. The molecule has 0 aliphatic carbocycles. The van der Waals surface area contributed by atoms with Gasteiger partial charge in [-0.15, -0.1) is 24.0 Å². The van der Waals surface area contributed by atoms with Gasteiger partial charge in [-0.05, 0) is 30.3 Å². The molecule has 1 aromatic carbocycles. The topological polar surface area (TPSA) is 65.9 Å². The van der Waals surface area contributed by atoms with Crippen molar-refractivity contribution in [3.8, 4) is 5.75 Å². The Morgan fingerprint density at radius 2 is 1.81 bits per heavy atom. The summed E-state index contributed by atoms with van der Waals surface area (Å²) < 4.78 is 6.78. The van der Waals surface area contributed by atoms with Gasteiger partial charge in [0.1, 0.15) is 12.4 Å². The Kier molecular flexibility index (Phi) is 9.05. The zero-order chi connectivity index (χ0) is 18.2. The molecule has 0 atom stereocenters. The van der Waals surface area contributed by atoms with Crippen molar-refractivity contribution in [1.29, 1.82) is 0 Å². The van der Waals surface area contributed by atoms with Crippen molar-refractivity contribution in [1.82, 2.24) is 20.2 Å². The lowest BCUT2D eigenvalue weighted by atomic mass is 10.3. The number of halogens is 2. The van der Waals surface area contributed by atoms with Gasteiger partial charge in [0.25, 0.3) is 0 Å². The first-order valence-electron chi connectivity index (χ1n) is 8.62. The van der Waals surface area contributed by atoms with Crippen LogP contribution in [0.5, 0.6) is 5.75 Å². The standard InChI is InChI=1S/C18H23BrN6O.HI/c1-20-17(23-9-14-26-16-5-3-15(19)4-6-16)24-10-12-25(13-11-24)18-21-7-2-8-22-18;/h2-8H,9-14H2,1H3,(H,20,23);1H. The van der Waals surface area contributed by atoms with E-state index in [9.17, 15) is 0 Å². The van der Waals surface area contributed by atoms with Gasteiger partial charge in [0.05, 0.1) is 6.54 Å². The number of hydrogen-bond donors (Lipinski definition) is 1. The predicted octanol–water partition coefficient (Wildman–Crippen LogP) is 2.63. The second-order valence-electron chi connectivity index (χ2n) is 5.80. The fourth-order valence-corrected chi connectivity index (χ4v) is 3.03. The minimum Gasteiger partial charge on any atom is -0.492 e. The van der Waals surface area contributed by atoms with Crippen molar-refractivity contribution in [3.63, 3.8) is 0 Å². The van der Waals surface area contributed by atoms with Crippen LogP contribution in [0.1, 0.15) is 0 Å². The lowest BCUT2D eigenvalue weighted by Gasteiger charge is -2.36. The third-order valence-electron chi connectivity index (χ3n) is 4.09. The summed E-state index contributed by atoms with van der Waals surface area (Å²) in [6.45, 7) is 4.79. The van der Waals surface area contributed by atoms with Crippen LogP contribution >= 0.6 is 39.9 Å². The molecule has 0 bridgehead atoms. The number of piperazine rings is 1. The Labute approximate surface area is 185 Å². The van der Waals surface area contributed by atoms with Gasteiger partial charge in [0, 0.05) is 50.1 Å². The van der Waals surface area contributed by atoms with Gasteiger partial charge in [-0.3, -0.25) is 4.99 Å². The van der Waals surface area contributed by atoms with Crippen LogP contribution in [0.4, 0.5) is 5.95 Å². The molecule has 1 saturated heterocycles. The SMILES string of the molecule is CN=C(NCCOc1ccc(Br)cc1)N1CCN(c2ncccn2)CC1.I. The first kappa shape index (κ1) is 21.7. The molecule has 3 rings (SSSR count). The van der Waals surface area contributed by atoms with Crippen molar-refractivity contribution in [2.24, 2.45) is 4.99 Å². The lowest BCUT2D eigenvalue weighted by molar-refractivity contribution is 0.314. The highest BCUT2D eigenvalue weighted by Gasteiger charge is 2.20. The summed E-state index contributed by atoms with van der Waals surface area (Å²) in [5.74, 6) is 2.55. The number of aromatic nitrogens is 2. The van der Waals surface area contributed by atoms with E-state index in [2.05, 4.69) is 46.0 Å². The van der Waals surface area contributed by atoms with Crippen LogP contribution in [-0.2, 0) is 0 Å². The first-order chi connectivity index (χ1) is 12.8. The second kappa shape index (κ2) is 11.3. The fraction of sp³-hybridized carbons (Fsp3) is 0.389. The van der Waals surface area contributed by atoms with Crippen LogP contribution in [-0.4, -0.2) is 67.2 Å². The molecule has 1 N–H and O–H groups in total. The Morgan fingerprint density at radius 1 is 1.15 bits per heavy atom. The number of hydrogen-bond acceptors (Lipinski definition) is 5. The van der Waals surface area contributed by atoms with E-state index in [1.807, 2.05) is 37.4 Å². The quantitative estimate of drug-likeness (QED) is 0.269. The maximum absolute atomic E-state index is 5.74. The minimum atomic E-state index is 0. The van der Waals surface area contributed by atoms with E-state index in [0.717, 1.165) is 48.3 Å². The molecule has 1 aromatic heterocycles. The molecule has 27 heavy (non-hydrogen) atoms. The number of ether oxygens (including phenoxy) is 1. The molecule has 1 aliphatic heterocycles. The van der Waals surface area contributed by atoms with Crippen molar-refractivity contribution < 1.29 is 4.74 Å². The Hall–Kier alpha value is -1.62. The summed E-state index contributed by atoms with van der Waals surface area (Å²) in [6.07, 6.45) is 3.56. The predicted molar refractivity (Wildman–Crippen MR) is 122 cm³/mol. The highest BCUT2D eigenvalue weighted by molar-refractivity contribution is 14.0. The monoisotopic (exact) mass is 546 g/mol.